The number of nitrogen functional groups attached to an aromatic ring is 1. The molecule has 0 amide bonds. The quantitative estimate of drug-likeness (QED) is 0.760. The molecule has 2 aromatic heterocycles. The van der Waals surface area contributed by atoms with Crippen molar-refractivity contribution < 1.29 is 4.52 Å². The number of anilines is 1. The minimum absolute atomic E-state index is 0.462. The Balaban J connectivity index is 1.86. The van der Waals surface area contributed by atoms with Gasteiger partial charge in [-0.25, -0.2) is 0 Å². The monoisotopic (exact) mass is 296 g/mol. The zero-order valence-electron chi connectivity index (χ0n) is 11.8. The van der Waals surface area contributed by atoms with Gasteiger partial charge in [-0.05, 0) is 43.4 Å². The van der Waals surface area contributed by atoms with E-state index in [1.807, 2.05) is 17.4 Å². The van der Waals surface area contributed by atoms with Crippen LogP contribution in [0.1, 0.15) is 22.4 Å². The molecular weight excluding hydrogens is 280 g/mol. The van der Waals surface area contributed by atoms with Crippen LogP contribution >= 0.6 is 11.3 Å². The molecule has 4 rings (SSSR count). The molecule has 2 N–H and O–H groups in total. The first kappa shape index (κ1) is 12.7. The number of aromatic nitrogens is 1. The van der Waals surface area contributed by atoms with Gasteiger partial charge in [0.25, 0.3) is 0 Å². The second-order valence-electron chi connectivity index (χ2n) is 5.55. The van der Waals surface area contributed by atoms with Crippen molar-refractivity contribution in [2.75, 3.05) is 5.73 Å². The molecule has 0 radical (unpaired) electrons. The zero-order chi connectivity index (χ0) is 14.4. The fourth-order valence-electron chi connectivity index (χ4n) is 2.99. The summed E-state index contributed by atoms with van der Waals surface area (Å²) in [7, 11) is 0. The van der Waals surface area contributed by atoms with E-state index in [1.165, 1.54) is 35.3 Å². The predicted molar refractivity (Wildman–Crippen MR) is 86.4 cm³/mol. The normalized spacial score (nSPS) is 13.6. The summed E-state index contributed by atoms with van der Waals surface area (Å²) in [5.41, 5.74) is 10.7. The van der Waals surface area contributed by atoms with Gasteiger partial charge in [0.05, 0.1) is 10.4 Å². The first-order chi connectivity index (χ1) is 10.2. The third-order valence-electron chi connectivity index (χ3n) is 4.00. The molecule has 2 heterocycles. The third kappa shape index (κ3) is 2.07. The van der Waals surface area contributed by atoms with E-state index in [-0.39, 0.29) is 0 Å². The average molecular weight is 296 g/mol. The van der Waals surface area contributed by atoms with Crippen LogP contribution in [0.2, 0.25) is 0 Å². The topological polar surface area (TPSA) is 52.0 Å². The van der Waals surface area contributed by atoms with Crippen molar-refractivity contribution in [3.8, 4) is 21.8 Å². The Morgan fingerprint density at radius 3 is 2.95 bits per heavy atom. The molecule has 0 atom stereocenters. The number of rotatable bonds is 2. The van der Waals surface area contributed by atoms with Gasteiger partial charge in [0.2, 0.25) is 0 Å². The van der Waals surface area contributed by atoms with Crippen LogP contribution < -0.4 is 5.73 Å². The first-order valence-corrected chi connectivity index (χ1v) is 7.98. The van der Waals surface area contributed by atoms with Crippen LogP contribution in [-0.4, -0.2) is 5.16 Å². The number of nitrogens with two attached hydrogens (primary N) is 1. The van der Waals surface area contributed by atoms with Gasteiger partial charge in [0.15, 0.2) is 11.6 Å². The highest BCUT2D eigenvalue weighted by Gasteiger charge is 2.22. The lowest BCUT2D eigenvalue weighted by Crippen LogP contribution is -1.88. The lowest BCUT2D eigenvalue weighted by atomic mass is 10.0. The summed E-state index contributed by atoms with van der Waals surface area (Å²) >= 11 is 1.81. The summed E-state index contributed by atoms with van der Waals surface area (Å²) in [6, 6.07) is 10.5. The van der Waals surface area contributed by atoms with Gasteiger partial charge < -0.3 is 10.3 Å². The Hall–Kier alpha value is -2.07. The number of fused-ring (bicyclic) bond motifs is 1. The van der Waals surface area contributed by atoms with Crippen LogP contribution in [0.4, 0.5) is 5.82 Å². The minimum Gasteiger partial charge on any atom is -0.380 e. The van der Waals surface area contributed by atoms with Gasteiger partial charge in [0, 0.05) is 4.88 Å². The highest BCUT2D eigenvalue weighted by Crippen LogP contribution is 2.42. The van der Waals surface area contributed by atoms with Crippen LogP contribution in [0.5, 0.6) is 0 Å². The molecule has 1 aliphatic rings. The molecule has 0 aliphatic heterocycles. The first-order valence-electron chi connectivity index (χ1n) is 7.16. The maximum absolute atomic E-state index is 6.05. The summed E-state index contributed by atoms with van der Waals surface area (Å²) < 4.78 is 5.55. The van der Waals surface area contributed by atoms with E-state index in [0.717, 1.165) is 21.8 Å². The number of hydrogen-bond donors (Lipinski definition) is 1. The lowest BCUT2D eigenvalue weighted by Gasteiger charge is -2.02. The summed E-state index contributed by atoms with van der Waals surface area (Å²) in [4.78, 5) is 2.62. The largest absolute Gasteiger partial charge is 0.380 e. The molecule has 3 aromatic rings. The lowest BCUT2D eigenvalue weighted by molar-refractivity contribution is 0.437. The average Bonchev–Trinajstić information content (AvgIpc) is 3.11. The Morgan fingerprint density at radius 2 is 2.14 bits per heavy atom. The number of thiophene rings is 1. The summed E-state index contributed by atoms with van der Waals surface area (Å²) in [5, 5.41) is 3.99. The van der Waals surface area contributed by atoms with Crippen molar-refractivity contribution in [1.29, 1.82) is 0 Å². The smallest absolute Gasteiger partial charge is 0.186 e. The van der Waals surface area contributed by atoms with Crippen molar-refractivity contribution in [1.82, 2.24) is 5.16 Å². The van der Waals surface area contributed by atoms with E-state index >= 15 is 0 Å². The van der Waals surface area contributed by atoms with Crippen LogP contribution in [-0.2, 0) is 12.8 Å². The second kappa shape index (κ2) is 4.74. The van der Waals surface area contributed by atoms with Crippen molar-refractivity contribution in [3.63, 3.8) is 0 Å². The van der Waals surface area contributed by atoms with Gasteiger partial charge in [-0.3, -0.25) is 0 Å². The molecule has 0 spiro atoms. The molecule has 1 aliphatic carbocycles. The number of nitrogens with zero attached hydrogens (tertiary/aromatic N) is 1. The molecule has 21 heavy (non-hydrogen) atoms. The highest BCUT2D eigenvalue weighted by molar-refractivity contribution is 7.15. The minimum atomic E-state index is 0.462. The maximum atomic E-state index is 6.05. The van der Waals surface area contributed by atoms with Crippen LogP contribution in [0.15, 0.2) is 34.9 Å². The Bertz CT molecular complexity index is 795. The number of aryl methyl sites for hydroxylation is 3. The summed E-state index contributed by atoms with van der Waals surface area (Å²) in [5.74, 6) is 1.27. The Morgan fingerprint density at radius 1 is 1.24 bits per heavy atom. The van der Waals surface area contributed by atoms with Gasteiger partial charge in [-0.1, -0.05) is 35.0 Å². The van der Waals surface area contributed by atoms with E-state index < -0.39 is 0 Å². The molecular formula is C17H16N2OS. The van der Waals surface area contributed by atoms with Gasteiger partial charge in [0.1, 0.15) is 0 Å². The van der Waals surface area contributed by atoms with Crippen molar-refractivity contribution in [2.24, 2.45) is 0 Å². The van der Waals surface area contributed by atoms with Crippen LogP contribution in [0.3, 0.4) is 0 Å². The molecule has 0 saturated heterocycles. The molecule has 0 saturated carbocycles. The third-order valence-corrected chi connectivity index (χ3v) is 5.23. The molecule has 1 aromatic carbocycles. The fourth-order valence-corrected chi connectivity index (χ4v) is 4.23. The van der Waals surface area contributed by atoms with E-state index in [9.17, 15) is 0 Å². The summed E-state index contributed by atoms with van der Waals surface area (Å²) in [6.07, 6.45) is 3.63. The maximum Gasteiger partial charge on any atom is 0.186 e. The molecule has 4 heteroatoms. The predicted octanol–water partition coefficient (Wildman–Crippen LogP) is 4.45. The molecule has 0 bridgehead atoms. The molecule has 3 nitrogen and oxygen atoms in total. The van der Waals surface area contributed by atoms with Crippen molar-refractivity contribution in [2.45, 2.75) is 26.2 Å². The standard InChI is InChI=1S/C17H16N2OS/c1-10-4-2-6-12(8-10)15-16(20-19-17(15)18)14-9-11-5-3-7-13(11)21-14/h2,4,6,8-9H,3,5,7H2,1H3,(H2,18,19). The van der Waals surface area contributed by atoms with E-state index in [2.05, 4.69) is 36.3 Å². The van der Waals surface area contributed by atoms with Crippen LogP contribution in [0, 0.1) is 6.92 Å². The van der Waals surface area contributed by atoms with Gasteiger partial charge >= 0.3 is 0 Å². The van der Waals surface area contributed by atoms with Crippen LogP contribution in [0.25, 0.3) is 21.8 Å². The second-order valence-corrected chi connectivity index (χ2v) is 6.69. The Labute approximate surface area is 127 Å². The summed E-state index contributed by atoms with van der Waals surface area (Å²) in [6.45, 7) is 2.08. The number of benzene rings is 1. The number of hydrogen-bond acceptors (Lipinski definition) is 4. The van der Waals surface area contributed by atoms with Crippen molar-refractivity contribution in [3.05, 3.63) is 46.3 Å². The van der Waals surface area contributed by atoms with E-state index in [4.69, 9.17) is 10.3 Å². The Kier molecular flexibility index (Phi) is 2.86. The van der Waals surface area contributed by atoms with Gasteiger partial charge in [-0.2, -0.15) is 0 Å². The van der Waals surface area contributed by atoms with Gasteiger partial charge in [-0.15, -0.1) is 11.3 Å². The highest BCUT2D eigenvalue weighted by atomic mass is 32.1. The van der Waals surface area contributed by atoms with E-state index in [1.54, 1.807) is 0 Å². The zero-order valence-corrected chi connectivity index (χ0v) is 12.7. The fraction of sp³-hybridized carbons (Fsp3) is 0.235. The molecule has 106 valence electrons. The molecule has 0 fully saturated rings. The van der Waals surface area contributed by atoms with E-state index in [0.29, 0.717) is 5.82 Å². The SMILES string of the molecule is Cc1cccc(-c2c(N)noc2-c2cc3c(s2)CCC3)c1. The molecule has 0 unspecified atom stereocenters. The van der Waals surface area contributed by atoms with Crippen molar-refractivity contribution >= 4 is 17.2 Å².